The Morgan fingerprint density at radius 1 is 0.938 bits per heavy atom. The summed E-state index contributed by atoms with van der Waals surface area (Å²) in [6, 6.07) is 17.2. The summed E-state index contributed by atoms with van der Waals surface area (Å²) in [5.74, 6) is 0.449. The lowest BCUT2D eigenvalue weighted by molar-refractivity contribution is -0.135. The van der Waals surface area contributed by atoms with Gasteiger partial charge in [-0.3, -0.25) is 14.2 Å². The number of halogens is 1. The van der Waals surface area contributed by atoms with Crippen LogP contribution in [-0.2, 0) is 21.5 Å². The number of nitrogens with zero attached hydrogens (tertiary/aromatic N) is 2. The molecule has 9 heteroatoms. The third-order valence-electron chi connectivity index (χ3n) is 5.49. The van der Waals surface area contributed by atoms with E-state index in [2.05, 4.69) is 4.90 Å². The van der Waals surface area contributed by atoms with E-state index in [0.29, 0.717) is 24.2 Å². The topological polar surface area (TPSA) is 87.1 Å². The Bertz CT molecular complexity index is 1220. The Morgan fingerprint density at radius 3 is 2.28 bits per heavy atom. The molecule has 3 aromatic rings. The van der Waals surface area contributed by atoms with Gasteiger partial charge in [0.25, 0.3) is 16.0 Å². The van der Waals surface area contributed by atoms with Gasteiger partial charge in [-0.2, -0.15) is 8.42 Å². The Morgan fingerprint density at radius 2 is 1.59 bits per heavy atom. The molecule has 0 aliphatic carbocycles. The lowest BCUT2D eigenvalue weighted by atomic mass is 10.1. The van der Waals surface area contributed by atoms with Crippen molar-refractivity contribution in [3.63, 3.8) is 0 Å². The summed E-state index contributed by atoms with van der Waals surface area (Å²) < 4.78 is 37.4. The highest BCUT2D eigenvalue weighted by Crippen LogP contribution is 2.24. The van der Waals surface area contributed by atoms with Gasteiger partial charge in [0.1, 0.15) is 5.75 Å². The normalized spacial score (nSPS) is 15.1. The zero-order chi connectivity index (χ0) is 22.7. The van der Waals surface area contributed by atoms with Gasteiger partial charge in [-0.1, -0.05) is 35.9 Å². The molecule has 1 aliphatic heterocycles. The van der Waals surface area contributed by atoms with Crippen LogP contribution in [0.4, 0.5) is 0 Å². The second-order valence-corrected chi connectivity index (χ2v) is 9.58. The Hall–Kier alpha value is -2.65. The number of hydrogen-bond donors (Lipinski definition) is 1. The number of piperazine rings is 1. The summed E-state index contributed by atoms with van der Waals surface area (Å²) in [7, 11) is -4.25. The summed E-state index contributed by atoms with van der Waals surface area (Å²) in [4.78, 5) is 16.5. The second-order valence-electron chi connectivity index (χ2n) is 7.72. The highest BCUT2D eigenvalue weighted by molar-refractivity contribution is 7.85. The number of fused-ring (bicyclic) bond motifs is 1. The number of amides is 1. The fraction of sp³-hybridized carbons (Fsp3) is 0.261. The van der Waals surface area contributed by atoms with Crippen molar-refractivity contribution in [3.05, 3.63) is 71.2 Å². The highest BCUT2D eigenvalue weighted by atomic mass is 35.5. The van der Waals surface area contributed by atoms with Crippen LogP contribution in [0.2, 0.25) is 5.02 Å². The van der Waals surface area contributed by atoms with Gasteiger partial charge in [0, 0.05) is 37.7 Å². The lowest BCUT2D eigenvalue weighted by Gasteiger charge is -2.34. The molecule has 4 rings (SSSR count). The summed E-state index contributed by atoms with van der Waals surface area (Å²) in [6.07, 6.45) is 0. The molecule has 0 spiro atoms. The molecule has 1 saturated heterocycles. The quantitative estimate of drug-likeness (QED) is 0.550. The summed E-state index contributed by atoms with van der Waals surface area (Å²) in [5, 5.41) is 2.12. The lowest BCUT2D eigenvalue weighted by Crippen LogP contribution is -2.49. The van der Waals surface area contributed by atoms with Crippen LogP contribution in [0.15, 0.2) is 65.6 Å². The number of benzene rings is 3. The molecule has 0 atom stereocenters. The van der Waals surface area contributed by atoms with Crippen molar-refractivity contribution in [2.45, 2.75) is 11.4 Å². The molecule has 0 radical (unpaired) electrons. The van der Waals surface area contributed by atoms with Crippen molar-refractivity contribution in [2.24, 2.45) is 0 Å². The zero-order valence-corrected chi connectivity index (χ0v) is 18.8. The molecule has 1 fully saturated rings. The third kappa shape index (κ3) is 5.58. The molecule has 0 aromatic heterocycles. The van der Waals surface area contributed by atoms with Crippen LogP contribution < -0.4 is 4.74 Å². The zero-order valence-electron chi connectivity index (χ0n) is 17.3. The Kier molecular flexibility index (Phi) is 6.66. The molecule has 1 aliphatic rings. The molecule has 1 N–H and O–H groups in total. The molecule has 3 aromatic carbocycles. The van der Waals surface area contributed by atoms with E-state index in [1.54, 1.807) is 29.2 Å². The van der Waals surface area contributed by atoms with Gasteiger partial charge < -0.3 is 9.64 Å². The van der Waals surface area contributed by atoms with E-state index in [1.165, 1.54) is 17.7 Å². The molecule has 0 saturated carbocycles. The van der Waals surface area contributed by atoms with Gasteiger partial charge in [-0.15, -0.1) is 0 Å². The van der Waals surface area contributed by atoms with Crippen LogP contribution in [0.5, 0.6) is 5.75 Å². The molecule has 0 unspecified atom stereocenters. The largest absolute Gasteiger partial charge is 0.484 e. The molecule has 32 heavy (non-hydrogen) atoms. The fourth-order valence-electron chi connectivity index (χ4n) is 3.69. The van der Waals surface area contributed by atoms with Crippen LogP contribution in [-0.4, -0.2) is 61.5 Å². The average Bonchev–Trinajstić information content (AvgIpc) is 2.78. The number of rotatable bonds is 6. The van der Waals surface area contributed by atoms with E-state index >= 15 is 0 Å². The SMILES string of the molecule is O=C(COc1ccc2cc(S(=O)(=O)O)ccc2c1)N1CCN(Cc2ccc(Cl)cc2)CC1. The fourth-order valence-corrected chi connectivity index (χ4v) is 4.33. The molecule has 1 amide bonds. The van der Waals surface area contributed by atoms with Crippen molar-refractivity contribution < 1.29 is 22.5 Å². The maximum Gasteiger partial charge on any atom is 0.294 e. The summed E-state index contributed by atoms with van der Waals surface area (Å²) in [6.45, 7) is 3.64. The van der Waals surface area contributed by atoms with Crippen molar-refractivity contribution in [1.82, 2.24) is 9.80 Å². The van der Waals surface area contributed by atoms with Crippen molar-refractivity contribution in [2.75, 3.05) is 32.8 Å². The van der Waals surface area contributed by atoms with Crippen molar-refractivity contribution in [3.8, 4) is 5.75 Å². The predicted octanol–water partition coefficient (Wildman–Crippen LogP) is 3.46. The second kappa shape index (κ2) is 9.46. The standard InChI is InChI=1S/C23H23ClN2O5S/c24-20-5-1-17(2-6-20)15-25-9-11-26(12-10-25)23(27)16-31-21-7-3-19-14-22(32(28,29)30)8-4-18(19)13-21/h1-8,13-14H,9-12,15-16H2,(H,28,29,30). The van der Waals surface area contributed by atoms with Gasteiger partial charge >= 0.3 is 0 Å². The molecule has 1 heterocycles. The van der Waals surface area contributed by atoms with E-state index in [9.17, 15) is 13.2 Å². The van der Waals surface area contributed by atoms with Gasteiger partial charge in [0.15, 0.2) is 6.61 Å². The Labute approximate surface area is 191 Å². The maximum atomic E-state index is 12.6. The molecular weight excluding hydrogens is 452 g/mol. The van der Waals surface area contributed by atoms with Gasteiger partial charge in [0.05, 0.1) is 4.90 Å². The van der Waals surface area contributed by atoms with E-state index in [0.717, 1.165) is 30.0 Å². The van der Waals surface area contributed by atoms with Gasteiger partial charge in [-0.25, -0.2) is 0 Å². The third-order valence-corrected chi connectivity index (χ3v) is 6.59. The van der Waals surface area contributed by atoms with Crippen LogP contribution in [0.25, 0.3) is 10.8 Å². The van der Waals surface area contributed by atoms with Gasteiger partial charge in [0.2, 0.25) is 0 Å². The maximum absolute atomic E-state index is 12.6. The van der Waals surface area contributed by atoms with Crippen LogP contribution in [0.1, 0.15) is 5.56 Å². The minimum atomic E-state index is -4.25. The minimum absolute atomic E-state index is 0.0637. The average molecular weight is 475 g/mol. The highest BCUT2D eigenvalue weighted by Gasteiger charge is 2.21. The number of carbonyl (C=O) groups is 1. The molecule has 168 valence electrons. The smallest absolute Gasteiger partial charge is 0.294 e. The molecular formula is C23H23ClN2O5S. The van der Waals surface area contributed by atoms with Crippen LogP contribution >= 0.6 is 11.6 Å². The number of hydrogen-bond acceptors (Lipinski definition) is 5. The monoisotopic (exact) mass is 474 g/mol. The molecule has 0 bridgehead atoms. The molecule has 7 nitrogen and oxygen atoms in total. The van der Waals surface area contributed by atoms with E-state index in [4.69, 9.17) is 20.9 Å². The summed E-state index contributed by atoms with van der Waals surface area (Å²) in [5.41, 5.74) is 1.19. The first kappa shape index (κ1) is 22.5. The predicted molar refractivity (Wildman–Crippen MR) is 123 cm³/mol. The van der Waals surface area contributed by atoms with Crippen molar-refractivity contribution >= 4 is 38.4 Å². The van der Waals surface area contributed by atoms with Gasteiger partial charge in [-0.05, 0) is 52.7 Å². The first-order valence-electron chi connectivity index (χ1n) is 10.2. The minimum Gasteiger partial charge on any atom is -0.484 e. The van der Waals surface area contributed by atoms with Crippen LogP contribution in [0, 0.1) is 0 Å². The number of carbonyl (C=O) groups excluding carboxylic acids is 1. The van der Waals surface area contributed by atoms with E-state index in [-0.39, 0.29) is 17.4 Å². The number of ether oxygens (including phenoxy) is 1. The van der Waals surface area contributed by atoms with Crippen molar-refractivity contribution in [1.29, 1.82) is 0 Å². The Balaban J connectivity index is 1.29. The van der Waals surface area contributed by atoms with Crippen LogP contribution in [0.3, 0.4) is 0 Å². The summed E-state index contributed by atoms with van der Waals surface area (Å²) >= 11 is 5.93. The first-order chi connectivity index (χ1) is 15.3. The first-order valence-corrected chi connectivity index (χ1v) is 12.0. The van der Waals surface area contributed by atoms with E-state index in [1.807, 2.05) is 24.3 Å². The van der Waals surface area contributed by atoms with E-state index < -0.39 is 10.1 Å².